The van der Waals surface area contributed by atoms with Gasteiger partial charge in [-0.25, -0.2) is 0 Å². The molecule has 0 radical (unpaired) electrons. The Hall–Kier alpha value is -0.680. The Morgan fingerprint density at radius 3 is 2.30 bits per heavy atom. The topological polar surface area (TPSA) is 49.6 Å². The molecule has 114 valence electrons. The number of hydrogen-bond donors (Lipinski definition) is 1. The van der Waals surface area contributed by atoms with Crippen LogP contribution in [0.25, 0.3) is 0 Å². The summed E-state index contributed by atoms with van der Waals surface area (Å²) in [5.41, 5.74) is 5.45. The van der Waals surface area contributed by atoms with E-state index in [1.807, 2.05) is 4.90 Å². The van der Waals surface area contributed by atoms with Gasteiger partial charge >= 0.3 is 0 Å². The minimum Gasteiger partial charge on any atom is -0.392 e. The highest BCUT2D eigenvalue weighted by Crippen LogP contribution is 2.38. The first-order valence-electron chi connectivity index (χ1n) is 7.73. The van der Waals surface area contributed by atoms with Gasteiger partial charge in [-0.3, -0.25) is 4.79 Å². The zero-order valence-corrected chi connectivity index (χ0v) is 13.5. The van der Waals surface area contributed by atoms with Gasteiger partial charge in [0.1, 0.15) is 0 Å². The van der Waals surface area contributed by atoms with E-state index in [2.05, 4.69) is 19.0 Å². The third-order valence-electron chi connectivity index (χ3n) is 5.02. The third kappa shape index (κ3) is 2.98. The number of carbonyl (C=O) groups is 1. The second kappa shape index (κ2) is 6.39. The van der Waals surface area contributed by atoms with E-state index in [9.17, 15) is 4.79 Å². The van der Waals surface area contributed by atoms with E-state index in [0.717, 1.165) is 45.2 Å². The van der Waals surface area contributed by atoms with E-state index in [0.29, 0.717) is 11.0 Å². The number of likely N-dealkylation sites (tertiary alicyclic amines) is 1. The molecule has 2 aliphatic rings. The summed E-state index contributed by atoms with van der Waals surface area (Å²) in [6.07, 6.45) is 7.23. The molecule has 1 amide bonds. The number of rotatable bonds is 3. The van der Waals surface area contributed by atoms with Crippen molar-refractivity contribution in [3.63, 3.8) is 0 Å². The number of likely N-dealkylation sites (N-methyl/N-ethyl adjacent to an activating group) is 1. The van der Waals surface area contributed by atoms with Crippen molar-refractivity contribution >= 4 is 23.1 Å². The molecule has 1 heterocycles. The van der Waals surface area contributed by atoms with Gasteiger partial charge in [-0.1, -0.05) is 37.9 Å². The van der Waals surface area contributed by atoms with Gasteiger partial charge in [0, 0.05) is 19.1 Å². The smallest absolute Gasteiger partial charge is 0.235 e. The first-order valence-corrected chi connectivity index (χ1v) is 8.14. The predicted molar refractivity (Wildman–Crippen MR) is 85.6 cm³/mol. The Bertz CT molecular complexity index is 375. The number of carbonyl (C=O) groups excluding carboxylic acids is 1. The molecule has 1 saturated carbocycles. The quantitative estimate of drug-likeness (QED) is 0.637. The second-order valence-corrected chi connectivity index (χ2v) is 6.96. The highest BCUT2D eigenvalue weighted by atomic mass is 32.1. The van der Waals surface area contributed by atoms with E-state index >= 15 is 0 Å². The summed E-state index contributed by atoms with van der Waals surface area (Å²) in [6.45, 7) is 1.65. The number of nitrogens with two attached hydrogens (primary N) is 1. The van der Waals surface area contributed by atoms with Crippen LogP contribution in [0.1, 0.15) is 44.9 Å². The van der Waals surface area contributed by atoms with Crippen molar-refractivity contribution in [2.45, 2.75) is 51.0 Å². The number of nitrogens with zero attached hydrogens (tertiary/aromatic N) is 2. The molecule has 1 atom stereocenters. The predicted octanol–water partition coefficient (Wildman–Crippen LogP) is 1.78. The largest absolute Gasteiger partial charge is 0.392 e. The maximum atomic E-state index is 13.0. The van der Waals surface area contributed by atoms with Gasteiger partial charge in [0.15, 0.2) is 0 Å². The van der Waals surface area contributed by atoms with Crippen LogP contribution in [0.15, 0.2) is 0 Å². The Labute approximate surface area is 127 Å². The van der Waals surface area contributed by atoms with Gasteiger partial charge in [-0.15, -0.1) is 0 Å². The zero-order chi connectivity index (χ0) is 14.8. The average molecular weight is 297 g/mol. The number of amides is 1. The van der Waals surface area contributed by atoms with Crippen molar-refractivity contribution in [3.05, 3.63) is 0 Å². The highest BCUT2D eigenvalue weighted by Gasteiger charge is 2.45. The molecule has 1 aliphatic heterocycles. The summed E-state index contributed by atoms with van der Waals surface area (Å²) in [6, 6.07) is 0.466. The van der Waals surface area contributed by atoms with Crippen LogP contribution in [-0.2, 0) is 4.79 Å². The standard InChI is InChI=1S/C15H27N3OS/c1-17(2)12-7-10-18(11-12)14(19)15(13(16)20)8-5-3-4-6-9-15/h12H,3-11H2,1-2H3,(H2,16,20). The van der Waals surface area contributed by atoms with Crippen molar-refractivity contribution in [2.75, 3.05) is 27.2 Å². The average Bonchev–Trinajstić information content (AvgIpc) is 2.76. The molecule has 1 saturated heterocycles. The minimum atomic E-state index is -0.562. The molecule has 2 rings (SSSR count). The molecule has 2 N–H and O–H groups in total. The third-order valence-corrected chi connectivity index (χ3v) is 5.41. The van der Waals surface area contributed by atoms with Crippen molar-refractivity contribution in [3.8, 4) is 0 Å². The van der Waals surface area contributed by atoms with Crippen molar-refractivity contribution < 1.29 is 4.79 Å². The normalized spacial score (nSPS) is 26.6. The van der Waals surface area contributed by atoms with E-state index in [-0.39, 0.29) is 5.91 Å². The van der Waals surface area contributed by atoms with Crippen LogP contribution in [0.2, 0.25) is 0 Å². The summed E-state index contributed by atoms with van der Waals surface area (Å²) >= 11 is 5.30. The molecule has 0 bridgehead atoms. The van der Waals surface area contributed by atoms with Crippen molar-refractivity contribution in [1.82, 2.24) is 9.80 Å². The van der Waals surface area contributed by atoms with Gasteiger partial charge in [0.25, 0.3) is 0 Å². The molecule has 5 heteroatoms. The first kappa shape index (κ1) is 15.7. The lowest BCUT2D eigenvalue weighted by Gasteiger charge is -2.34. The summed E-state index contributed by atoms with van der Waals surface area (Å²) in [5.74, 6) is 0.191. The van der Waals surface area contributed by atoms with Gasteiger partial charge in [-0.2, -0.15) is 0 Å². The van der Waals surface area contributed by atoms with Gasteiger partial charge in [-0.05, 0) is 33.4 Å². The summed E-state index contributed by atoms with van der Waals surface area (Å²) < 4.78 is 0. The van der Waals surface area contributed by atoms with Crippen LogP contribution >= 0.6 is 12.2 Å². The van der Waals surface area contributed by atoms with Gasteiger partial charge < -0.3 is 15.5 Å². The molecular weight excluding hydrogens is 270 g/mol. The maximum Gasteiger partial charge on any atom is 0.235 e. The fraction of sp³-hybridized carbons (Fsp3) is 0.867. The minimum absolute atomic E-state index is 0.191. The molecule has 1 unspecified atom stereocenters. The maximum absolute atomic E-state index is 13.0. The fourth-order valence-corrected chi connectivity index (χ4v) is 3.84. The highest BCUT2D eigenvalue weighted by molar-refractivity contribution is 7.80. The lowest BCUT2D eigenvalue weighted by molar-refractivity contribution is -0.138. The molecule has 0 aromatic rings. The van der Waals surface area contributed by atoms with Crippen molar-refractivity contribution in [2.24, 2.45) is 11.1 Å². The van der Waals surface area contributed by atoms with Crippen LogP contribution < -0.4 is 5.73 Å². The molecular formula is C15H27N3OS. The summed E-state index contributed by atoms with van der Waals surface area (Å²) in [4.78, 5) is 17.6. The Kier molecular flexibility index (Phi) is 5.02. The Morgan fingerprint density at radius 2 is 1.85 bits per heavy atom. The van der Waals surface area contributed by atoms with E-state index in [4.69, 9.17) is 18.0 Å². The Balaban J connectivity index is 2.13. The molecule has 4 nitrogen and oxygen atoms in total. The van der Waals surface area contributed by atoms with Crippen molar-refractivity contribution in [1.29, 1.82) is 0 Å². The number of thiocarbonyl (C=S) groups is 1. The van der Waals surface area contributed by atoms with Crippen LogP contribution in [0.3, 0.4) is 0 Å². The molecule has 20 heavy (non-hydrogen) atoms. The monoisotopic (exact) mass is 297 g/mol. The van der Waals surface area contributed by atoms with Crippen LogP contribution in [0, 0.1) is 5.41 Å². The van der Waals surface area contributed by atoms with Crippen LogP contribution in [-0.4, -0.2) is 53.9 Å². The van der Waals surface area contributed by atoms with E-state index in [1.54, 1.807) is 0 Å². The molecule has 1 aliphatic carbocycles. The second-order valence-electron chi connectivity index (χ2n) is 6.52. The van der Waals surface area contributed by atoms with Gasteiger partial charge in [0.05, 0.1) is 10.4 Å². The first-order chi connectivity index (χ1) is 9.47. The van der Waals surface area contributed by atoms with E-state index < -0.39 is 5.41 Å². The van der Waals surface area contributed by atoms with E-state index in [1.165, 1.54) is 12.8 Å². The molecule has 0 aromatic carbocycles. The molecule has 0 spiro atoms. The number of hydrogen-bond acceptors (Lipinski definition) is 3. The summed E-state index contributed by atoms with van der Waals surface area (Å²) in [7, 11) is 4.15. The lowest BCUT2D eigenvalue weighted by Crippen LogP contribution is -2.50. The Morgan fingerprint density at radius 1 is 1.25 bits per heavy atom. The zero-order valence-electron chi connectivity index (χ0n) is 12.7. The summed E-state index contributed by atoms with van der Waals surface area (Å²) in [5, 5.41) is 0. The SMILES string of the molecule is CN(C)C1CCN(C(=O)C2(C(N)=S)CCCCCC2)C1. The molecule has 2 fully saturated rings. The molecule has 0 aromatic heterocycles. The lowest BCUT2D eigenvalue weighted by atomic mass is 9.79. The van der Waals surface area contributed by atoms with Crippen LogP contribution in [0.4, 0.5) is 0 Å². The van der Waals surface area contributed by atoms with Gasteiger partial charge in [0.2, 0.25) is 5.91 Å². The van der Waals surface area contributed by atoms with Crippen LogP contribution in [0.5, 0.6) is 0 Å². The fourth-order valence-electron chi connectivity index (χ4n) is 3.55.